The Kier molecular flexibility index (Phi) is 5.98. The summed E-state index contributed by atoms with van der Waals surface area (Å²) in [5, 5.41) is 5.75. The predicted molar refractivity (Wildman–Crippen MR) is 114 cm³/mol. The summed E-state index contributed by atoms with van der Waals surface area (Å²) in [4.78, 5) is 53.9. The van der Waals surface area contributed by atoms with Crippen LogP contribution in [0.25, 0.3) is 0 Å². The van der Waals surface area contributed by atoms with Gasteiger partial charge in [-0.1, -0.05) is 32.0 Å². The Morgan fingerprint density at radius 1 is 1.13 bits per heavy atom. The molecule has 31 heavy (non-hydrogen) atoms. The summed E-state index contributed by atoms with van der Waals surface area (Å²) in [5.74, 6) is -0.717. The third-order valence-corrected chi connectivity index (χ3v) is 6.25. The molecule has 2 N–H and O–H groups in total. The summed E-state index contributed by atoms with van der Waals surface area (Å²) < 4.78 is 0. The summed E-state index contributed by atoms with van der Waals surface area (Å²) >= 11 is 0. The molecular weight excluding hydrogens is 396 g/mol. The van der Waals surface area contributed by atoms with Crippen LogP contribution in [0.3, 0.4) is 0 Å². The number of nitrogens with zero attached hydrogens (tertiary/aromatic N) is 2. The number of fused-ring (bicyclic) bond motifs is 1. The number of carbonyl (C=O) groups is 4. The number of hydrogen-bond acceptors (Lipinski definition) is 4. The lowest BCUT2D eigenvalue weighted by Gasteiger charge is -2.33. The minimum atomic E-state index is -0.677. The van der Waals surface area contributed by atoms with Crippen LogP contribution in [-0.4, -0.2) is 65.1 Å². The van der Waals surface area contributed by atoms with Gasteiger partial charge in [0, 0.05) is 36.7 Å². The van der Waals surface area contributed by atoms with Gasteiger partial charge in [-0.3, -0.25) is 19.2 Å². The van der Waals surface area contributed by atoms with E-state index in [1.807, 2.05) is 26.0 Å². The van der Waals surface area contributed by atoms with E-state index < -0.39 is 6.04 Å². The maximum absolute atomic E-state index is 13.0. The van der Waals surface area contributed by atoms with E-state index in [1.54, 1.807) is 21.9 Å². The molecule has 0 spiro atoms. The molecule has 4 amide bonds. The van der Waals surface area contributed by atoms with Crippen LogP contribution >= 0.6 is 0 Å². The van der Waals surface area contributed by atoms with Crippen molar-refractivity contribution >= 4 is 23.6 Å². The quantitative estimate of drug-likeness (QED) is 0.715. The number of benzene rings is 1. The van der Waals surface area contributed by atoms with Gasteiger partial charge in [0.15, 0.2) is 0 Å². The number of amides is 4. The van der Waals surface area contributed by atoms with E-state index in [4.69, 9.17) is 0 Å². The Bertz CT molecular complexity index is 895. The molecule has 2 aliphatic heterocycles. The average Bonchev–Trinajstić information content (AvgIpc) is 3.56. The molecule has 0 bridgehead atoms. The van der Waals surface area contributed by atoms with Crippen molar-refractivity contribution in [3.8, 4) is 0 Å². The summed E-state index contributed by atoms with van der Waals surface area (Å²) in [7, 11) is 0. The second kappa shape index (κ2) is 8.69. The zero-order valence-electron chi connectivity index (χ0n) is 18.1. The molecule has 2 heterocycles. The maximum atomic E-state index is 13.0. The van der Waals surface area contributed by atoms with Crippen LogP contribution in [0.1, 0.15) is 61.5 Å². The van der Waals surface area contributed by atoms with Gasteiger partial charge in [0.05, 0.1) is 6.54 Å². The van der Waals surface area contributed by atoms with E-state index in [9.17, 15) is 19.2 Å². The van der Waals surface area contributed by atoms with Gasteiger partial charge < -0.3 is 20.4 Å². The second-order valence-corrected chi connectivity index (χ2v) is 8.99. The molecule has 1 aromatic carbocycles. The van der Waals surface area contributed by atoms with E-state index >= 15 is 0 Å². The van der Waals surface area contributed by atoms with Gasteiger partial charge >= 0.3 is 0 Å². The zero-order chi connectivity index (χ0) is 22.1. The van der Waals surface area contributed by atoms with E-state index in [0.717, 1.165) is 25.7 Å². The Hall–Kier alpha value is -2.90. The first-order chi connectivity index (χ1) is 14.9. The summed E-state index contributed by atoms with van der Waals surface area (Å²) in [6.07, 6.45) is 3.45. The van der Waals surface area contributed by atoms with Gasteiger partial charge in [-0.05, 0) is 37.3 Å². The number of hydrogen-bond donors (Lipinski definition) is 2. The van der Waals surface area contributed by atoms with Crippen LogP contribution in [0, 0.1) is 5.92 Å². The molecule has 0 radical (unpaired) electrons. The standard InChI is InChI=1S/C23H30N4O4/c1-14(2)21(29)25-15-6-5-11-26(13-15)19(28)12-24-22(30)20-17-7-3-4-8-18(17)23(31)27(20)16-9-10-16/h3-4,7-8,14-16,20H,5-6,9-13H2,1-2H3,(H,24,30)(H,25,29). The van der Waals surface area contributed by atoms with Crippen LogP contribution < -0.4 is 10.6 Å². The van der Waals surface area contributed by atoms with Crippen molar-refractivity contribution in [1.82, 2.24) is 20.4 Å². The molecule has 8 nitrogen and oxygen atoms in total. The van der Waals surface area contributed by atoms with Gasteiger partial charge in [0.25, 0.3) is 5.91 Å². The molecule has 2 unspecified atom stereocenters. The summed E-state index contributed by atoms with van der Waals surface area (Å²) in [6, 6.07) is 6.55. The van der Waals surface area contributed by atoms with Crippen molar-refractivity contribution in [2.75, 3.05) is 19.6 Å². The van der Waals surface area contributed by atoms with Crippen LogP contribution in [0.15, 0.2) is 24.3 Å². The highest BCUT2D eigenvalue weighted by Crippen LogP contribution is 2.41. The third-order valence-electron chi connectivity index (χ3n) is 6.25. The highest BCUT2D eigenvalue weighted by molar-refractivity contribution is 6.05. The largest absolute Gasteiger partial charge is 0.351 e. The minimum absolute atomic E-state index is 0.0164. The molecule has 8 heteroatoms. The Labute approximate surface area is 182 Å². The monoisotopic (exact) mass is 426 g/mol. The number of piperidine rings is 1. The molecule has 1 saturated carbocycles. The molecule has 166 valence electrons. The number of carbonyl (C=O) groups excluding carboxylic acids is 4. The lowest BCUT2D eigenvalue weighted by Crippen LogP contribution is -2.52. The van der Waals surface area contributed by atoms with Gasteiger partial charge in [-0.2, -0.15) is 0 Å². The number of rotatable bonds is 6. The molecular formula is C23H30N4O4. The number of likely N-dealkylation sites (tertiary alicyclic amines) is 1. The topological polar surface area (TPSA) is 98.8 Å². The van der Waals surface area contributed by atoms with Crippen molar-refractivity contribution < 1.29 is 19.2 Å². The Balaban J connectivity index is 1.36. The van der Waals surface area contributed by atoms with Crippen molar-refractivity contribution in [2.45, 2.75) is 57.7 Å². The van der Waals surface area contributed by atoms with E-state index in [2.05, 4.69) is 10.6 Å². The molecule has 2 atom stereocenters. The smallest absolute Gasteiger partial charge is 0.255 e. The molecule has 0 aromatic heterocycles. The summed E-state index contributed by atoms with van der Waals surface area (Å²) in [5.41, 5.74) is 1.28. The maximum Gasteiger partial charge on any atom is 0.255 e. The predicted octanol–water partition coefficient (Wildman–Crippen LogP) is 1.23. The SMILES string of the molecule is CC(C)C(=O)NC1CCCN(C(=O)CNC(=O)C2c3ccccc3C(=O)N2C2CC2)C1. The van der Waals surface area contributed by atoms with E-state index in [1.165, 1.54) is 0 Å². The van der Waals surface area contributed by atoms with Gasteiger partial charge in [0.2, 0.25) is 17.7 Å². The average molecular weight is 427 g/mol. The lowest BCUT2D eigenvalue weighted by molar-refractivity contribution is -0.135. The molecule has 1 saturated heterocycles. The van der Waals surface area contributed by atoms with Gasteiger partial charge in [-0.25, -0.2) is 0 Å². The van der Waals surface area contributed by atoms with Crippen LogP contribution in [0.2, 0.25) is 0 Å². The lowest BCUT2D eigenvalue weighted by atomic mass is 10.0. The first-order valence-electron chi connectivity index (χ1n) is 11.1. The molecule has 1 aromatic rings. The zero-order valence-corrected chi connectivity index (χ0v) is 18.1. The highest BCUT2D eigenvalue weighted by atomic mass is 16.2. The van der Waals surface area contributed by atoms with Crippen molar-refractivity contribution in [2.24, 2.45) is 5.92 Å². The van der Waals surface area contributed by atoms with Crippen LogP contribution in [0.4, 0.5) is 0 Å². The highest BCUT2D eigenvalue weighted by Gasteiger charge is 2.47. The first kappa shape index (κ1) is 21.3. The molecule has 2 fully saturated rings. The van der Waals surface area contributed by atoms with E-state index in [0.29, 0.717) is 24.2 Å². The fourth-order valence-electron chi connectivity index (χ4n) is 4.39. The van der Waals surface area contributed by atoms with Gasteiger partial charge in [0.1, 0.15) is 6.04 Å². The summed E-state index contributed by atoms with van der Waals surface area (Å²) in [6.45, 7) is 4.63. The van der Waals surface area contributed by atoms with Crippen molar-refractivity contribution in [3.05, 3.63) is 35.4 Å². The molecule has 4 rings (SSSR count). The fraction of sp³-hybridized carbons (Fsp3) is 0.565. The number of nitrogens with one attached hydrogen (secondary N) is 2. The molecule has 1 aliphatic carbocycles. The third kappa shape index (κ3) is 4.43. The first-order valence-corrected chi connectivity index (χ1v) is 11.1. The Morgan fingerprint density at radius 3 is 2.58 bits per heavy atom. The second-order valence-electron chi connectivity index (χ2n) is 8.99. The molecule has 3 aliphatic rings. The van der Waals surface area contributed by atoms with Gasteiger partial charge in [-0.15, -0.1) is 0 Å². The Morgan fingerprint density at radius 2 is 1.87 bits per heavy atom. The fourth-order valence-corrected chi connectivity index (χ4v) is 4.39. The van der Waals surface area contributed by atoms with Crippen molar-refractivity contribution in [3.63, 3.8) is 0 Å². The van der Waals surface area contributed by atoms with Crippen molar-refractivity contribution in [1.29, 1.82) is 0 Å². The van der Waals surface area contributed by atoms with Crippen LogP contribution in [0.5, 0.6) is 0 Å². The normalized spacial score (nSPS) is 23.0. The minimum Gasteiger partial charge on any atom is -0.351 e. The van der Waals surface area contributed by atoms with E-state index in [-0.39, 0.29) is 48.2 Å². The van der Waals surface area contributed by atoms with Crippen LogP contribution in [-0.2, 0) is 14.4 Å².